The Bertz CT molecular complexity index is 748. The van der Waals surface area contributed by atoms with Crippen LogP contribution in [0.2, 0.25) is 0 Å². The van der Waals surface area contributed by atoms with Crippen LogP contribution in [0.15, 0.2) is 34.7 Å². The predicted molar refractivity (Wildman–Crippen MR) is 87.4 cm³/mol. The quantitative estimate of drug-likeness (QED) is 0.910. The second-order valence-corrected chi connectivity index (χ2v) is 5.78. The number of amides is 2. The first-order valence-corrected chi connectivity index (χ1v) is 7.89. The van der Waals surface area contributed by atoms with E-state index in [9.17, 15) is 9.59 Å². The van der Waals surface area contributed by atoms with Gasteiger partial charge in [0.2, 0.25) is 5.91 Å². The number of anilines is 1. The third-order valence-electron chi connectivity index (χ3n) is 4.11. The molecule has 1 aliphatic heterocycles. The van der Waals surface area contributed by atoms with E-state index in [4.69, 9.17) is 4.42 Å². The highest BCUT2D eigenvalue weighted by Gasteiger charge is 2.18. The van der Waals surface area contributed by atoms with Crippen LogP contribution in [0.4, 0.5) is 5.69 Å². The monoisotopic (exact) mass is 312 g/mol. The Labute approximate surface area is 135 Å². The highest BCUT2D eigenvalue weighted by molar-refractivity contribution is 5.94. The van der Waals surface area contributed by atoms with Crippen LogP contribution in [0.1, 0.15) is 53.8 Å². The van der Waals surface area contributed by atoms with Gasteiger partial charge in [0.25, 0.3) is 5.91 Å². The van der Waals surface area contributed by atoms with Gasteiger partial charge in [-0.15, -0.1) is 0 Å². The van der Waals surface area contributed by atoms with Crippen molar-refractivity contribution in [2.45, 2.75) is 39.2 Å². The van der Waals surface area contributed by atoms with Crippen LogP contribution in [0.3, 0.4) is 0 Å². The van der Waals surface area contributed by atoms with Gasteiger partial charge in [0.05, 0.1) is 6.04 Å². The lowest BCUT2D eigenvalue weighted by Crippen LogP contribution is -2.26. The number of hydrogen-bond donors (Lipinski definition) is 2. The van der Waals surface area contributed by atoms with Gasteiger partial charge in [-0.05, 0) is 42.7 Å². The summed E-state index contributed by atoms with van der Waals surface area (Å²) in [6.07, 6.45) is 2.00. The summed E-state index contributed by atoms with van der Waals surface area (Å²) in [5.74, 6) is 0.964. The van der Waals surface area contributed by atoms with Crippen LogP contribution in [0.25, 0.3) is 0 Å². The van der Waals surface area contributed by atoms with E-state index in [1.54, 1.807) is 6.07 Å². The summed E-state index contributed by atoms with van der Waals surface area (Å²) in [6.45, 7) is 3.92. The molecule has 0 unspecified atom stereocenters. The normalized spacial score (nSPS) is 14.8. The van der Waals surface area contributed by atoms with Crippen molar-refractivity contribution >= 4 is 17.5 Å². The molecule has 2 N–H and O–H groups in total. The Balaban J connectivity index is 1.71. The lowest BCUT2D eigenvalue weighted by atomic mass is 9.98. The number of aryl methyl sites for hydroxylation is 2. The molecule has 23 heavy (non-hydrogen) atoms. The van der Waals surface area contributed by atoms with E-state index >= 15 is 0 Å². The summed E-state index contributed by atoms with van der Waals surface area (Å²) in [6, 6.07) is 9.24. The SMILES string of the molecule is CCc1ccc(C(=O)N[C@@H](C)c2ccc3c(c2)CCC(=O)N3)o1. The third-order valence-corrected chi connectivity index (χ3v) is 4.11. The van der Waals surface area contributed by atoms with Gasteiger partial charge >= 0.3 is 0 Å². The first kappa shape index (κ1) is 15.3. The highest BCUT2D eigenvalue weighted by atomic mass is 16.3. The molecule has 0 fully saturated rings. The highest BCUT2D eigenvalue weighted by Crippen LogP contribution is 2.26. The van der Waals surface area contributed by atoms with Crippen molar-refractivity contribution in [2.24, 2.45) is 0 Å². The number of nitrogens with one attached hydrogen (secondary N) is 2. The second kappa shape index (κ2) is 6.28. The molecule has 2 amide bonds. The van der Waals surface area contributed by atoms with Gasteiger partial charge < -0.3 is 15.1 Å². The fourth-order valence-electron chi connectivity index (χ4n) is 2.71. The fourth-order valence-corrected chi connectivity index (χ4v) is 2.71. The van der Waals surface area contributed by atoms with Crippen LogP contribution >= 0.6 is 0 Å². The Kier molecular flexibility index (Phi) is 4.19. The molecular formula is C18H20N2O3. The number of rotatable bonds is 4. The molecular weight excluding hydrogens is 292 g/mol. The predicted octanol–water partition coefficient (Wildman–Crippen LogP) is 3.22. The third kappa shape index (κ3) is 3.28. The van der Waals surface area contributed by atoms with Crippen molar-refractivity contribution in [3.63, 3.8) is 0 Å². The van der Waals surface area contributed by atoms with E-state index in [0.717, 1.165) is 35.4 Å². The summed E-state index contributed by atoms with van der Waals surface area (Å²) in [5.41, 5.74) is 2.98. The second-order valence-electron chi connectivity index (χ2n) is 5.78. The maximum absolute atomic E-state index is 12.2. The van der Waals surface area contributed by atoms with Gasteiger partial charge in [0.15, 0.2) is 5.76 Å². The number of hydrogen-bond acceptors (Lipinski definition) is 3. The summed E-state index contributed by atoms with van der Waals surface area (Å²) < 4.78 is 5.47. The molecule has 2 heterocycles. The Hall–Kier alpha value is -2.56. The molecule has 120 valence electrons. The zero-order valence-electron chi connectivity index (χ0n) is 13.3. The largest absolute Gasteiger partial charge is 0.456 e. The number of carbonyl (C=O) groups is 2. The summed E-state index contributed by atoms with van der Waals surface area (Å²) in [5, 5.41) is 5.81. The number of benzene rings is 1. The van der Waals surface area contributed by atoms with Crippen molar-refractivity contribution < 1.29 is 14.0 Å². The van der Waals surface area contributed by atoms with E-state index in [1.807, 2.05) is 38.1 Å². The molecule has 2 aromatic rings. The standard InChI is InChI=1S/C18H20N2O3/c1-3-14-6-8-16(23-14)18(22)19-11(2)12-4-7-15-13(10-12)5-9-17(21)20-15/h4,6-8,10-11H,3,5,9H2,1-2H3,(H,19,22)(H,20,21)/t11-/m0/s1. The van der Waals surface area contributed by atoms with Gasteiger partial charge in [-0.25, -0.2) is 0 Å². The van der Waals surface area contributed by atoms with Gasteiger partial charge in [0, 0.05) is 18.5 Å². The minimum absolute atomic E-state index is 0.0520. The van der Waals surface area contributed by atoms with E-state index in [1.165, 1.54) is 0 Å². The zero-order chi connectivity index (χ0) is 16.4. The minimum Gasteiger partial charge on any atom is -0.456 e. The Morgan fingerprint density at radius 2 is 2.13 bits per heavy atom. The van der Waals surface area contributed by atoms with E-state index in [0.29, 0.717) is 12.2 Å². The topological polar surface area (TPSA) is 71.3 Å². The Morgan fingerprint density at radius 1 is 1.30 bits per heavy atom. The Morgan fingerprint density at radius 3 is 2.87 bits per heavy atom. The van der Waals surface area contributed by atoms with Crippen LogP contribution < -0.4 is 10.6 Å². The summed E-state index contributed by atoms with van der Waals surface area (Å²) in [4.78, 5) is 23.6. The minimum atomic E-state index is -0.219. The van der Waals surface area contributed by atoms with Crippen molar-refractivity contribution in [1.29, 1.82) is 0 Å². The average molecular weight is 312 g/mol. The van der Waals surface area contributed by atoms with Crippen molar-refractivity contribution in [3.05, 3.63) is 53.0 Å². The van der Waals surface area contributed by atoms with E-state index < -0.39 is 0 Å². The molecule has 0 bridgehead atoms. The van der Waals surface area contributed by atoms with E-state index in [-0.39, 0.29) is 17.9 Å². The first-order valence-electron chi connectivity index (χ1n) is 7.89. The van der Waals surface area contributed by atoms with Crippen LogP contribution in [0, 0.1) is 0 Å². The number of carbonyl (C=O) groups excluding carboxylic acids is 2. The van der Waals surface area contributed by atoms with E-state index in [2.05, 4.69) is 10.6 Å². The molecule has 0 spiro atoms. The molecule has 0 aliphatic carbocycles. The molecule has 1 aliphatic rings. The van der Waals surface area contributed by atoms with Gasteiger partial charge in [0.1, 0.15) is 5.76 Å². The van der Waals surface area contributed by atoms with Gasteiger partial charge in [-0.2, -0.15) is 0 Å². The number of furan rings is 1. The molecule has 5 heteroatoms. The van der Waals surface area contributed by atoms with Gasteiger partial charge in [-0.1, -0.05) is 19.1 Å². The maximum atomic E-state index is 12.2. The molecule has 3 rings (SSSR count). The average Bonchev–Trinajstić information content (AvgIpc) is 3.03. The van der Waals surface area contributed by atoms with Crippen LogP contribution in [-0.2, 0) is 17.6 Å². The van der Waals surface area contributed by atoms with Crippen LogP contribution in [0.5, 0.6) is 0 Å². The molecule has 0 saturated carbocycles. The molecule has 0 saturated heterocycles. The van der Waals surface area contributed by atoms with Crippen molar-refractivity contribution in [1.82, 2.24) is 5.32 Å². The molecule has 1 aromatic carbocycles. The maximum Gasteiger partial charge on any atom is 0.287 e. The molecule has 5 nitrogen and oxygen atoms in total. The summed E-state index contributed by atoms with van der Waals surface area (Å²) >= 11 is 0. The lowest BCUT2D eigenvalue weighted by Gasteiger charge is -2.20. The fraction of sp³-hybridized carbons (Fsp3) is 0.333. The first-order chi connectivity index (χ1) is 11.1. The van der Waals surface area contributed by atoms with Gasteiger partial charge in [-0.3, -0.25) is 9.59 Å². The van der Waals surface area contributed by atoms with Crippen molar-refractivity contribution in [2.75, 3.05) is 5.32 Å². The zero-order valence-corrected chi connectivity index (χ0v) is 13.3. The molecule has 0 radical (unpaired) electrons. The molecule has 1 aromatic heterocycles. The lowest BCUT2D eigenvalue weighted by molar-refractivity contribution is -0.116. The number of fused-ring (bicyclic) bond motifs is 1. The smallest absolute Gasteiger partial charge is 0.287 e. The summed E-state index contributed by atoms with van der Waals surface area (Å²) in [7, 11) is 0. The van der Waals surface area contributed by atoms with Crippen molar-refractivity contribution in [3.8, 4) is 0 Å². The molecule has 1 atom stereocenters. The van der Waals surface area contributed by atoms with Crippen LogP contribution in [-0.4, -0.2) is 11.8 Å².